The molecule has 0 atom stereocenters. The van der Waals surface area contributed by atoms with Gasteiger partial charge in [-0.25, -0.2) is 0 Å². The third-order valence-electron chi connectivity index (χ3n) is 2.35. The molecule has 3 heteroatoms. The van der Waals surface area contributed by atoms with Crippen molar-refractivity contribution < 1.29 is 4.74 Å². The van der Waals surface area contributed by atoms with Crippen molar-refractivity contribution in [3.05, 3.63) is 0 Å². The van der Waals surface area contributed by atoms with E-state index in [1.807, 2.05) is 7.05 Å². The minimum atomic E-state index is 0.184. The number of nitrogens with zero attached hydrogens (tertiary/aromatic N) is 1. The van der Waals surface area contributed by atoms with Gasteiger partial charge in [0.05, 0.1) is 6.61 Å². The molecule has 0 radical (unpaired) electrons. The van der Waals surface area contributed by atoms with Gasteiger partial charge in [-0.3, -0.25) is 4.90 Å². The van der Waals surface area contributed by atoms with Gasteiger partial charge in [-0.15, -0.1) is 0 Å². The predicted octanol–water partition coefficient (Wildman–Crippen LogP) is 0.953. The van der Waals surface area contributed by atoms with E-state index in [1.165, 1.54) is 0 Å². The SMILES string of the molecule is CCN(CCOC)CC(C)(C)NC. The predicted molar refractivity (Wildman–Crippen MR) is 57.1 cm³/mol. The fraction of sp³-hybridized carbons (Fsp3) is 1.00. The molecule has 0 saturated carbocycles. The number of hydrogen-bond donors (Lipinski definition) is 1. The number of hydrogen-bond acceptors (Lipinski definition) is 3. The van der Waals surface area contributed by atoms with Crippen LogP contribution in [0.4, 0.5) is 0 Å². The van der Waals surface area contributed by atoms with E-state index in [9.17, 15) is 0 Å². The number of likely N-dealkylation sites (N-methyl/N-ethyl adjacent to an activating group) is 2. The minimum Gasteiger partial charge on any atom is -0.383 e. The smallest absolute Gasteiger partial charge is 0.0589 e. The lowest BCUT2D eigenvalue weighted by molar-refractivity contribution is 0.134. The Labute approximate surface area is 82.4 Å². The molecular weight excluding hydrogens is 164 g/mol. The van der Waals surface area contributed by atoms with Crippen LogP contribution >= 0.6 is 0 Å². The van der Waals surface area contributed by atoms with Gasteiger partial charge < -0.3 is 10.1 Å². The standard InChI is InChI=1S/C10H24N2O/c1-6-12(7-8-13-5)9-10(2,3)11-4/h11H,6-9H2,1-5H3. The number of ether oxygens (including phenoxy) is 1. The van der Waals surface area contributed by atoms with Gasteiger partial charge in [0.15, 0.2) is 0 Å². The molecule has 0 saturated heterocycles. The van der Waals surface area contributed by atoms with E-state index in [0.29, 0.717) is 0 Å². The molecule has 3 nitrogen and oxygen atoms in total. The summed E-state index contributed by atoms with van der Waals surface area (Å²) in [5.41, 5.74) is 0.184. The molecule has 0 amide bonds. The highest BCUT2D eigenvalue weighted by molar-refractivity contribution is 4.79. The Hall–Kier alpha value is -0.120. The van der Waals surface area contributed by atoms with Crippen LogP contribution < -0.4 is 5.32 Å². The summed E-state index contributed by atoms with van der Waals surface area (Å²) in [7, 11) is 3.75. The third kappa shape index (κ3) is 6.02. The van der Waals surface area contributed by atoms with Crippen LogP contribution in [0.25, 0.3) is 0 Å². The monoisotopic (exact) mass is 188 g/mol. The fourth-order valence-corrected chi connectivity index (χ4v) is 1.21. The molecule has 0 aromatic carbocycles. The maximum atomic E-state index is 5.06. The lowest BCUT2D eigenvalue weighted by atomic mass is 10.1. The van der Waals surface area contributed by atoms with E-state index in [1.54, 1.807) is 7.11 Å². The van der Waals surface area contributed by atoms with E-state index in [-0.39, 0.29) is 5.54 Å². The molecule has 0 aliphatic carbocycles. The topological polar surface area (TPSA) is 24.5 Å². The van der Waals surface area contributed by atoms with Gasteiger partial charge in [-0.1, -0.05) is 6.92 Å². The van der Waals surface area contributed by atoms with Crippen LogP contribution in [-0.4, -0.2) is 50.8 Å². The Kier molecular flexibility index (Phi) is 6.29. The largest absolute Gasteiger partial charge is 0.383 e. The second kappa shape index (κ2) is 6.35. The summed E-state index contributed by atoms with van der Waals surface area (Å²) in [6.07, 6.45) is 0. The maximum Gasteiger partial charge on any atom is 0.0589 e. The second-order valence-corrected chi connectivity index (χ2v) is 4.00. The van der Waals surface area contributed by atoms with E-state index in [2.05, 4.69) is 31.0 Å². The molecule has 0 aromatic heterocycles. The van der Waals surface area contributed by atoms with Crippen LogP contribution in [0.5, 0.6) is 0 Å². The van der Waals surface area contributed by atoms with E-state index >= 15 is 0 Å². The summed E-state index contributed by atoms with van der Waals surface area (Å²) in [6, 6.07) is 0. The second-order valence-electron chi connectivity index (χ2n) is 4.00. The highest BCUT2D eigenvalue weighted by Gasteiger charge is 2.17. The first-order chi connectivity index (χ1) is 6.05. The maximum absolute atomic E-state index is 5.06. The van der Waals surface area contributed by atoms with Crippen LogP contribution in [0.1, 0.15) is 20.8 Å². The molecule has 0 aliphatic heterocycles. The first-order valence-electron chi connectivity index (χ1n) is 4.96. The molecule has 1 N–H and O–H groups in total. The van der Waals surface area contributed by atoms with Crippen molar-refractivity contribution in [2.45, 2.75) is 26.3 Å². The average molecular weight is 188 g/mol. The summed E-state index contributed by atoms with van der Waals surface area (Å²) in [5.74, 6) is 0. The average Bonchev–Trinajstić information content (AvgIpc) is 2.12. The zero-order valence-electron chi connectivity index (χ0n) is 9.68. The number of rotatable bonds is 7. The molecule has 0 bridgehead atoms. The summed E-state index contributed by atoms with van der Waals surface area (Å²) in [4.78, 5) is 2.39. The molecule has 0 aromatic rings. The first-order valence-corrected chi connectivity index (χ1v) is 4.96. The van der Waals surface area contributed by atoms with Crippen LogP contribution in [0.3, 0.4) is 0 Å². The van der Waals surface area contributed by atoms with Crippen LogP contribution in [0.2, 0.25) is 0 Å². The van der Waals surface area contributed by atoms with Crippen LogP contribution in [-0.2, 0) is 4.74 Å². The molecule has 0 heterocycles. The molecule has 0 spiro atoms. The minimum absolute atomic E-state index is 0.184. The van der Waals surface area contributed by atoms with Crippen molar-refractivity contribution in [2.24, 2.45) is 0 Å². The molecule has 0 aliphatic rings. The van der Waals surface area contributed by atoms with Gasteiger partial charge in [0.1, 0.15) is 0 Å². The molecule has 0 fully saturated rings. The van der Waals surface area contributed by atoms with Gasteiger partial charge >= 0.3 is 0 Å². The van der Waals surface area contributed by atoms with Crippen molar-refractivity contribution >= 4 is 0 Å². The highest BCUT2D eigenvalue weighted by atomic mass is 16.5. The summed E-state index contributed by atoms with van der Waals surface area (Å²) < 4.78 is 5.06. The Bertz CT molecular complexity index is 126. The van der Waals surface area contributed by atoms with Gasteiger partial charge in [-0.2, -0.15) is 0 Å². The Morgan fingerprint density at radius 1 is 1.38 bits per heavy atom. The highest BCUT2D eigenvalue weighted by Crippen LogP contribution is 2.04. The Balaban J connectivity index is 3.82. The first kappa shape index (κ1) is 12.9. The third-order valence-corrected chi connectivity index (χ3v) is 2.35. The zero-order chi connectivity index (χ0) is 10.3. The molecular formula is C10H24N2O. The molecule has 0 unspecified atom stereocenters. The number of nitrogens with one attached hydrogen (secondary N) is 1. The van der Waals surface area contributed by atoms with Crippen LogP contribution in [0, 0.1) is 0 Å². The van der Waals surface area contributed by atoms with Crippen molar-refractivity contribution in [1.29, 1.82) is 0 Å². The van der Waals surface area contributed by atoms with E-state index in [4.69, 9.17) is 4.74 Å². The zero-order valence-corrected chi connectivity index (χ0v) is 9.68. The van der Waals surface area contributed by atoms with E-state index < -0.39 is 0 Å². The van der Waals surface area contributed by atoms with Gasteiger partial charge in [0.25, 0.3) is 0 Å². The van der Waals surface area contributed by atoms with E-state index in [0.717, 1.165) is 26.2 Å². The Morgan fingerprint density at radius 3 is 2.38 bits per heavy atom. The van der Waals surface area contributed by atoms with Crippen molar-refractivity contribution in [2.75, 3.05) is 40.4 Å². The molecule has 13 heavy (non-hydrogen) atoms. The van der Waals surface area contributed by atoms with Crippen molar-refractivity contribution in [3.8, 4) is 0 Å². The van der Waals surface area contributed by atoms with Gasteiger partial charge in [0.2, 0.25) is 0 Å². The lowest BCUT2D eigenvalue weighted by Crippen LogP contribution is -2.48. The van der Waals surface area contributed by atoms with Gasteiger partial charge in [0, 0.05) is 25.7 Å². The lowest BCUT2D eigenvalue weighted by Gasteiger charge is -2.31. The Morgan fingerprint density at radius 2 is 2.00 bits per heavy atom. The fourth-order valence-electron chi connectivity index (χ4n) is 1.21. The normalized spacial score (nSPS) is 12.5. The van der Waals surface area contributed by atoms with Gasteiger partial charge in [-0.05, 0) is 27.4 Å². The molecule has 0 rings (SSSR count). The van der Waals surface area contributed by atoms with Crippen molar-refractivity contribution in [3.63, 3.8) is 0 Å². The quantitative estimate of drug-likeness (QED) is 0.644. The van der Waals surface area contributed by atoms with Crippen molar-refractivity contribution in [1.82, 2.24) is 10.2 Å². The molecule has 80 valence electrons. The summed E-state index contributed by atoms with van der Waals surface area (Å²) in [6.45, 7) is 10.6. The van der Waals surface area contributed by atoms with Crippen LogP contribution in [0.15, 0.2) is 0 Å². The number of methoxy groups -OCH3 is 1. The summed E-state index contributed by atoms with van der Waals surface area (Å²) >= 11 is 0. The summed E-state index contributed by atoms with van der Waals surface area (Å²) in [5, 5.41) is 3.30.